The Balaban J connectivity index is 1.70. The number of nitrogens with two attached hydrogens (primary N) is 1. The first-order valence-corrected chi connectivity index (χ1v) is 8.02. The first-order chi connectivity index (χ1) is 12.6. The number of primary amides is 1. The third-order valence-electron chi connectivity index (χ3n) is 3.94. The molecule has 0 atom stereocenters. The van der Waals surface area contributed by atoms with Gasteiger partial charge >= 0.3 is 0 Å². The van der Waals surface area contributed by atoms with Crippen LogP contribution in [0.2, 0.25) is 0 Å². The Bertz CT molecular complexity index is 1000. The van der Waals surface area contributed by atoms with Crippen LogP contribution in [-0.4, -0.2) is 22.7 Å². The summed E-state index contributed by atoms with van der Waals surface area (Å²) in [5, 5.41) is 3.15. The van der Waals surface area contributed by atoms with Gasteiger partial charge in [-0.2, -0.15) is 0 Å². The summed E-state index contributed by atoms with van der Waals surface area (Å²) in [5.74, 6) is 1.98. The van der Waals surface area contributed by atoms with Gasteiger partial charge in [-0.15, -0.1) is 0 Å². The molecule has 0 saturated carbocycles. The normalized spacial score (nSPS) is 12.0. The Kier molecular flexibility index (Phi) is 3.89. The van der Waals surface area contributed by atoms with Crippen molar-refractivity contribution in [3.8, 4) is 22.9 Å². The number of nitrogens with one attached hydrogen (secondary N) is 1. The van der Waals surface area contributed by atoms with E-state index in [1.54, 1.807) is 24.3 Å². The second-order valence-corrected chi connectivity index (χ2v) is 5.82. The van der Waals surface area contributed by atoms with Crippen LogP contribution >= 0.6 is 0 Å². The van der Waals surface area contributed by atoms with E-state index in [0.29, 0.717) is 34.4 Å². The lowest BCUT2D eigenvalue weighted by molar-refractivity contribution is 0.100. The molecule has 2 aromatic carbocycles. The fraction of sp³-hybridized carbons (Fsp3) is 0.105. The lowest BCUT2D eigenvalue weighted by atomic mass is 10.1. The summed E-state index contributed by atoms with van der Waals surface area (Å²) >= 11 is 0. The van der Waals surface area contributed by atoms with E-state index in [2.05, 4.69) is 15.3 Å². The number of aromatic nitrogens is 2. The van der Waals surface area contributed by atoms with Gasteiger partial charge in [-0.1, -0.05) is 12.1 Å². The number of amides is 1. The SMILES string of the molecule is Cc1cc(Nc2ccccc2C(N)=O)nc(-c2ccc3c(c2)OCO3)n1. The number of benzene rings is 2. The lowest BCUT2D eigenvalue weighted by Gasteiger charge is -2.11. The summed E-state index contributed by atoms with van der Waals surface area (Å²) in [6.07, 6.45) is 0. The predicted molar refractivity (Wildman–Crippen MR) is 96.6 cm³/mol. The highest BCUT2D eigenvalue weighted by Crippen LogP contribution is 2.35. The van der Waals surface area contributed by atoms with E-state index in [0.717, 1.165) is 11.3 Å². The van der Waals surface area contributed by atoms with E-state index in [9.17, 15) is 4.79 Å². The van der Waals surface area contributed by atoms with Crippen LogP contribution in [0.25, 0.3) is 11.4 Å². The number of para-hydroxylation sites is 1. The first kappa shape index (κ1) is 15.9. The molecule has 0 radical (unpaired) electrons. The summed E-state index contributed by atoms with van der Waals surface area (Å²) in [4.78, 5) is 20.6. The van der Waals surface area contributed by atoms with Crippen molar-refractivity contribution in [2.45, 2.75) is 6.92 Å². The molecule has 7 heteroatoms. The second-order valence-electron chi connectivity index (χ2n) is 5.82. The molecular weight excluding hydrogens is 332 g/mol. The van der Waals surface area contributed by atoms with Crippen molar-refractivity contribution in [2.75, 3.05) is 12.1 Å². The van der Waals surface area contributed by atoms with Crippen LogP contribution in [0.5, 0.6) is 11.5 Å². The van der Waals surface area contributed by atoms with Crippen LogP contribution in [0.15, 0.2) is 48.5 Å². The average Bonchev–Trinajstić information content (AvgIpc) is 3.09. The molecule has 26 heavy (non-hydrogen) atoms. The summed E-state index contributed by atoms with van der Waals surface area (Å²) in [6, 6.07) is 14.4. The number of carbonyl (C=O) groups excluding carboxylic acids is 1. The van der Waals surface area contributed by atoms with Gasteiger partial charge in [0.2, 0.25) is 6.79 Å². The van der Waals surface area contributed by atoms with Gasteiger partial charge in [-0.25, -0.2) is 9.97 Å². The zero-order valence-electron chi connectivity index (χ0n) is 14.0. The summed E-state index contributed by atoms with van der Waals surface area (Å²) in [7, 11) is 0. The Morgan fingerprint density at radius 3 is 2.73 bits per heavy atom. The summed E-state index contributed by atoms with van der Waals surface area (Å²) in [5.41, 5.74) is 8.02. The molecule has 0 fully saturated rings. The largest absolute Gasteiger partial charge is 0.454 e. The lowest BCUT2D eigenvalue weighted by Crippen LogP contribution is -2.13. The Hall–Kier alpha value is -3.61. The second kappa shape index (κ2) is 6.36. The topological polar surface area (TPSA) is 99.4 Å². The van der Waals surface area contributed by atoms with Crippen molar-refractivity contribution in [1.82, 2.24) is 9.97 Å². The van der Waals surface area contributed by atoms with E-state index in [1.807, 2.05) is 31.2 Å². The van der Waals surface area contributed by atoms with Crippen LogP contribution < -0.4 is 20.5 Å². The maximum absolute atomic E-state index is 11.6. The van der Waals surface area contributed by atoms with Gasteiger partial charge < -0.3 is 20.5 Å². The third-order valence-corrected chi connectivity index (χ3v) is 3.94. The number of nitrogens with zero attached hydrogens (tertiary/aromatic N) is 2. The van der Waals surface area contributed by atoms with Gasteiger partial charge in [-0.3, -0.25) is 4.79 Å². The van der Waals surface area contributed by atoms with Crippen LogP contribution in [0, 0.1) is 6.92 Å². The summed E-state index contributed by atoms with van der Waals surface area (Å²) in [6.45, 7) is 2.09. The molecule has 0 unspecified atom stereocenters. The van der Waals surface area contributed by atoms with Crippen molar-refractivity contribution in [1.29, 1.82) is 0 Å². The van der Waals surface area contributed by atoms with Gasteiger partial charge in [0.1, 0.15) is 5.82 Å². The van der Waals surface area contributed by atoms with Gasteiger partial charge in [0.15, 0.2) is 17.3 Å². The monoisotopic (exact) mass is 348 g/mol. The number of fused-ring (bicyclic) bond motifs is 1. The number of anilines is 2. The van der Waals surface area contributed by atoms with Crippen molar-refractivity contribution in [2.24, 2.45) is 5.73 Å². The highest BCUT2D eigenvalue weighted by molar-refractivity contribution is 5.99. The molecule has 1 aromatic heterocycles. The zero-order chi connectivity index (χ0) is 18.1. The zero-order valence-corrected chi connectivity index (χ0v) is 14.0. The molecule has 0 saturated heterocycles. The first-order valence-electron chi connectivity index (χ1n) is 8.02. The minimum Gasteiger partial charge on any atom is -0.454 e. The average molecular weight is 348 g/mol. The molecular formula is C19H16N4O3. The van der Waals surface area contributed by atoms with Gasteiger partial charge in [0.25, 0.3) is 5.91 Å². The van der Waals surface area contributed by atoms with E-state index < -0.39 is 5.91 Å². The summed E-state index contributed by atoms with van der Waals surface area (Å²) < 4.78 is 10.7. The fourth-order valence-corrected chi connectivity index (χ4v) is 2.74. The van der Waals surface area contributed by atoms with Gasteiger partial charge in [0, 0.05) is 17.3 Å². The van der Waals surface area contributed by atoms with Crippen LogP contribution in [-0.2, 0) is 0 Å². The smallest absolute Gasteiger partial charge is 0.250 e. The molecule has 3 aromatic rings. The predicted octanol–water partition coefficient (Wildman–Crippen LogP) is 3.02. The molecule has 1 aliphatic rings. The highest BCUT2D eigenvalue weighted by atomic mass is 16.7. The number of carbonyl (C=O) groups is 1. The number of rotatable bonds is 4. The molecule has 7 nitrogen and oxygen atoms in total. The molecule has 0 bridgehead atoms. The van der Waals surface area contributed by atoms with Gasteiger partial charge in [-0.05, 0) is 37.3 Å². The van der Waals surface area contributed by atoms with Crippen molar-refractivity contribution < 1.29 is 14.3 Å². The number of aryl methyl sites for hydroxylation is 1. The number of hydrogen-bond acceptors (Lipinski definition) is 6. The van der Waals surface area contributed by atoms with Crippen molar-refractivity contribution in [3.63, 3.8) is 0 Å². The molecule has 1 amide bonds. The van der Waals surface area contributed by atoms with Crippen LogP contribution in [0.3, 0.4) is 0 Å². The number of ether oxygens (including phenoxy) is 2. The molecule has 3 N–H and O–H groups in total. The molecule has 130 valence electrons. The van der Waals surface area contributed by atoms with E-state index in [-0.39, 0.29) is 6.79 Å². The fourth-order valence-electron chi connectivity index (χ4n) is 2.74. The number of hydrogen-bond donors (Lipinski definition) is 2. The standard InChI is InChI=1S/C19H16N4O3/c1-11-8-17(22-14-5-3-2-4-13(14)18(20)24)23-19(21-11)12-6-7-15-16(9-12)26-10-25-15/h2-9H,10H2,1H3,(H2,20,24)(H,21,22,23). The minimum atomic E-state index is -0.505. The van der Waals surface area contributed by atoms with E-state index >= 15 is 0 Å². The van der Waals surface area contributed by atoms with Crippen LogP contribution in [0.4, 0.5) is 11.5 Å². The van der Waals surface area contributed by atoms with E-state index in [4.69, 9.17) is 15.2 Å². The maximum Gasteiger partial charge on any atom is 0.250 e. The van der Waals surface area contributed by atoms with Crippen LogP contribution in [0.1, 0.15) is 16.1 Å². The molecule has 0 aliphatic carbocycles. The highest BCUT2D eigenvalue weighted by Gasteiger charge is 2.16. The van der Waals surface area contributed by atoms with E-state index in [1.165, 1.54) is 0 Å². The molecule has 2 heterocycles. The Labute approximate surface area is 149 Å². The maximum atomic E-state index is 11.6. The minimum absolute atomic E-state index is 0.212. The third kappa shape index (κ3) is 3.02. The Morgan fingerprint density at radius 2 is 1.88 bits per heavy atom. The molecule has 0 spiro atoms. The molecule has 1 aliphatic heterocycles. The van der Waals surface area contributed by atoms with Gasteiger partial charge in [0.05, 0.1) is 11.3 Å². The molecule has 4 rings (SSSR count). The van der Waals surface area contributed by atoms with Crippen molar-refractivity contribution >= 4 is 17.4 Å². The van der Waals surface area contributed by atoms with Crippen molar-refractivity contribution in [3.05, 3.63) is 59.8 Å². The Morgan fingerprint density at radius 1 is 1.08 bits per heavy atom. The quantitative estimate of drug-likeness (QED) is 0.752.